The molecule has 14 heteroatoms. The lowest BCUT2D eigenvalue weighted by Gasteiger charge is -2.13. The van der Waals surface area contributed by atoms with Crippen LogP contribution in [0.3, 0.4) is 0 Å². The van der Waals surface area contributed by atoms with Crippen LogP contribution in [-0.4, -0.2) is 48.2 Å². The van der Waals surface area contributed by atoms with Gasteiger partial charge in [0.25, 0.3) is 0 Å². The number of rotatable bonds is 11. The van der Waals surface area contributed by atoms with Crippen molar-refractivity contribution in [2.45, 2.75) is 0 Å². The van der Waals surface area contributed by atoms with Gasteiger partial charge in [0.2, 0.25) is 0 Å². The lowest BCUT2D eigenvalue weighted by molar-refractivity contribution is 0.669. The molecule has 8 heterocycles. The summed E-state index contributed by atoms with van der Waals surface area (Å²) in [5.41, 5.74) is 22.2. The zero-order valence-electron chi connectivity index (χ0n) is 62.7. The number of furan rings is 2. The van der Waals surface area contributed by atoms with Crippen molar-refractivity contribution in [2.75, 3.05) is 0 Å². The fourth-order valence-corrected chi connectivity index (χ4v) is 18.1. The predicted molar refractivity (Wildman–Crippen MR) is 473 cm³/mol. The normalized spacial score (nSPS) is 11.9. The Morgan fingerprint density at radius 1 is 0.212 bits per heavy atom. The number of nitrogens with zero attached hydrogens (tertiary/aromatic N) is 12. The Hall–Kier alpha value is -16.7. The summed E-state index contributed by atoms with van der Waals surface area (Å²) < 4.78 is 23.1. The van der Waals surface area contributed by atoms with Crippen molar-refractivity contribution in [3.8, 4) is 114 Å². The van der Waals surface area contributed by atoms with Gasteiger partial charge >= 0.3 is 0 Å². The van der Waals surface area contributed by atoms with Crippen LogP contribution in [0, 0.1) is 22.7 Å². The Balaban J connectivity index is 0.590. The summed E-state index contributed by atoms with van der Waals surface area (Å²) in [7, 11) is 0. The van der Waals surface area contributed by atoms with E-state index in [0.717, 1.165) is 182 Å². The van der Waals surface area contributed by atoms with Crippen LogP contribution in [-0.2, 0) is 0 Å². The first-order valence-corrected chi connectivity index (χ1v) is 39.1. The molecule has 546 valence electrons. The van der Waals surface area contributed by atoms with Gasteiger partial charge in [-0.2, -0.15) is 10.5 Å². The standard InChI is InChI=1S/C104H58N12O2/c105-59-69-54-67(103-109-99(61-23-5-1-6-24-61)107-100(110-103)62-25-7-2-8-26-62)43-46-80(69)115-85-42-20-15-37-75(85)94-87(115)50-52-91-96(94)77-45-48-88-95(98(77)118-91)76-38-16-19-41-84(76)114(88)72-34-22-30-65(56-72)64-29-21-31-66(53-64)102-108-101(63-27-9-3-10-28-63)111-104(112-102)68-44-47-81(70(55-68)60-106)116-82-39-17-13-35-73(82)78-57-79-92(58-89(78)116)117-90-51-49-86-93(97(79)90)74-36-14-18-40-83(74)113(86)71-32-11-4-12-33-71/h1-58H. The molecule has 0 N–H and O–H groups in total. The highest BCUT2D eigenvalue weighted by Gasteiger charge is 2.28. The lowest BCUT2D eigenvalue weighted by atomic mass is 10.0. The molecule has 24 rings (SSSR count). The fourth-order valence-electron chi connectivity index (χ4n) is 18.1. The van der Waals surface area contributed by atoms with Gasteiger partial charge in [-0.05, 0) is 145 Å². The highest BCUT2D eigenvalue weighted by Crippen LogP contribution is 2.49. The monoisotopic (exact) mass is 1510 g/mol. The zero-order chi connectivity index (χ0) is 77.8. The summed E-state index contributed by atoms with van der Waals surface area (Å²) in [6, 6.07) is 125. The van der Waals surface area contributed by atoms with E-state index in [1.807, 2.05) is 146 Å². The van der Waals surface area contributed by atoms with Gasteiger partial charge in [-0.3, -0.25) is 0 Å². The van der Waals surface area contributed by atoms with Crippen molar-refractivity contribution in [3.05, 3.63) is 363 Å². The molecule has 16 aromatic carbocycles. The molecule has 0 saturated carbocycles. The molecule has 0 spiro atoms. The summed E-state index contributed by atoms with van der Waals surface area (Å²) in [4.78, 5) is 30.6. The van der Waals surface area contributed by atoms with E-state index in [1.54, 1.807) is 0 Å². The SMILES string of the molecule is N#Cc1cc(-c2nc(-c3ccccc3)nc(-c3cccc(-c4cccc(-n5c6ccccc6c6c7oc8ccc9c(c%10ccccc%10n9-c9ccc(-c%10nc(-c%11ccccc%11)nc(-c%11ccccc%11)n%10)cc9C#N)c8c7ccc65)c4)c3)n2)ccc1-n1c2ccccc2c2cc3c(cc21)oc1ccc2c(c4ccccc4n2-c2ccccc2)c13. The van der Waals surface area contributed by atoms with E-state index in [2.05, 4.69) is 237 Å². The zero-order valence-corrected chi connectivity index (χ0v) is 62.7. The summed E-state index contributed by atoms with van der Waals surface area (Å²) in [5, 5.41) is 35.1. The maximum atomic E-state index is 11.4. The minimum atomic E-state index is 0.428. The quantitative estimate of drug-likeness (QED) is 0.121. The van der Waals surface area contributed by atoms with Crippen LogP contribution in [0.15, 0.2) is 361 Å². The van der Waals surface area contributed by atoms with Crippen molar-refractivity contribution in [1.82, 2.24) is 48.2 Å². The number of nitriles is 2. The van der Waals surface area contributed by atoms with Gasteiger partial charge in [0.15, 0.2) is 34.9 Å². The number of hydrogen-bond donors (Lipinski definition) is 0. The van der Waals surface area contributed by atoms with Crippen LogP contribution < -0.4 is 0 Å². The van der Waals surface area contributed by atoms with Gasteiger partial charge in [-0.25, -0.2) is 29.9 Å². The van der Waals surface area contributed by atoms with Crippen LogP contribution in [0.2, 0.25) is 0 Å². The summed E-state index contributed by atoms with van der Waals surface area (Å²) >= 11 is 0. The molecule has 0 unspecified atom stereocenters. The minimum absolute atomic E-state index is 0.428. The third-order valence-corrected chi connectivity index (χ3v) is 23.3. The van der Waals surface area contributed by atoms with Crippen LogP contribution in [0.25, 0.3) is 233 Å². The van der Waals surface area contributed by atoms with E-state index in [1.165, 1.54) is 0 Å². The molecule has 0 amide bonds. The minimum Gasteiger partial charge on any atom is -0.456 e. The van der Waals surface area contributed by atoms with Gasteiger partial charge in [-0.15, -0.1) is 0 Å². The number of para-hydroxylation sites is 5. The molecule has 8 aromatic heterocycles. The number of benzene rings is 16. The predicted octanol–water partition coefficient (Wildman–Crippen LogP) is 25.7. The maximum absolute atomic E-state index is 11.4. The Morgan fingerprint density at radius 2 is 0.593 bits per heavy atom. The molecule has 0 bridgehead atoms. The van der Waals surface area contributed by atoms with Crippen LogP contribution in [0.5, 0.6) is 0 Å². The molecule has 0 saturated heterocycles. The average Bonchev–Trinajstić information content (AvgIpc) is 1.54. The van der Waals surface area contributed by atoms with E-state index in [-0.39, 0.29) is 0 Å². The van der Waals surface area contributed by atoms with Crippen molar-refractivity contribution >= 4 is 131 Å². The number of aromatic nitrogens is 10. The second-order valence-corrected chi connectivity index (χ2v) is 29.8. The third-order valence-electron chi connectivity index (χ3n) is 23.3. The highest BCUT2D eigenvalue weighted by atomic mass is 16.3. The van der Waals surface area contributed by atoms with Gasteiger partial charge < -0.3 is 27.1 Å². The first-order chi connectivity index (χ1) is 58.4. The van der Waals surface area contributed by atoms with Crippen LogP contribution in [0.1, 0.15) is 11.1 Å². The molecule has 0 fully saturated rings. The smallest absolute Gasteiger partial charge is 0.164 e. The molecule has 0 aliphatic rings. The van der Waals surface area contributed by atoms with Crippen molar-refractivity contribution in [2.24, 2.45) is 0 Å². The molecular formula is C104H58N12O2. The molecule has 0 atom stereocenters. The Morgan fingerprint density at radius 3 is 1.14 bits per heavy atom. The van der Waals surface area contributed by atoms with Crippen molar-refractivity contribution < 1.29 is 8.83 Å². The van der Waals surface area contributed by atoms with Gasteiger partial charge in [0.1, 0.15) is 34.5 Å². The fraction of sp³-hybridized carbons (Fsp3) is 0. The first-order valence-electron chi connectivity index (χ1n) is 39.1. The average molecular weight is 1510 g/mol. The number of fused-ring (bicyclic) bond motifs is 21. The molecule has 118 heavy (non-hydrogen) atoms. The lowest BCUT2D eigenvalue weighted by Crippen LogP contribution is -2.02. The van der Waals surface area contributed by atoms with Crippen molar-refractivity contribution in [3.63, 3.8) is 0 Å². The van der Waals surface area contributed by atoms with Crippen LogP contribution in [0.4, 0.5) is 0 Å². The van der Waals surface area contributed by atoms with E-state index in [9.17, 15) is 10.5 Å². The largest absolute Gasteiger partial charge is 0.456 e. The van der Waals surface area contributed by atoms with E-state index < -0.39 is 0 Å². The van der Waals surface area contributed by atoms with Gasteiger partial charge in [0.05, 0.1) is 72.0 Å². The second-order valence-electron chi connectivity index (χ2n) is 29.8. The molecule has 0 radical (unpaired) electrons. The molecule has 14 nitrogen and oxygen atoms in total. The highest BCUT2D eigenvalue weighted by molar-refractivity contribution is 6.33. The topological polar surface area (TPSA) is 171 Å². The summed E-state index contributed by atoms with van der Waals surface area (Å²) in [6.07, 6.45) is 0. The first kappa shape index (κ1) is 66.0. The van der Waals surface area contributed by atoms with E-state index >= 15 is 0 Å². The van der Waals surface area contributed by atoms with Crippen LogP contribution >= 0.6 is 0 Å². The van der Waals surface area contributed by atoms with Gasteiger partial charge in [-0.1, -0.05) is 212 Å². The maximum Gasteiger partial charge on any atom is 0.164 e. The Labute approximate surface area is 671 Å². The van der Waals surface area contributed by atoms with Gasteiger partial charge in [0, 0.05) is 110 Å². The molecule has 24 aromatic rings. The Kier molecular flexibility index (Phi) is 14.5. The molecule has 0 aliphatic carbocycles. The molecule has 0 aliphatic heterocycles. The Bertz CT molecular complexity index is 8410. The molecular weight excluding hydrogens is 1450 g/mol. The van der Waals surface area contributed by atoms with E-state index in [0.29, 0.717) is 62.9 Å². The number of hydrogen-bond acceptors (Lipinski definition) is 10. The summed E-state index contributed by atoms with van der Waals surface area (Å²) in [6.45, 7) is 0. The summed E-state index contributed by atoms with van der Waals surface area (Å²) in [5.74, 6) is 2.96. The second kappa shape index (κ2) is 25.9. The van der Waals surface area contributed by atoms with Crippen molar-refractivity contribution in [1.29, 1.82) is 10.5 Å². The third kappa shape index (κ3) is 10.1. The van der Waals surface area contributed by atoms with E-state index in [4.69, 9.17) is 38.7 Å².